The van der Waals surface area contributed by atoms with E-state index in [2.05, 4.69) is 0 Å². The van der Waals surface area contributed by atoms with Gasteiger partial charge in [0.25, 0.3) is 0 Å². The van der Waals surface area contributed by atoms with E-state index in [9.17, 15) is 14.7 Å². The molecule has 0 heterocycles. The summed E-state index contributed by atoms with van der Waals surface area (Å²) in [7, 11) is 0. The largest absolute Gasteiger partial charge is 0.506 e. The normalized spacial score (nSPS) is 10.1. The van der Waals surface area contributed by atoms with Crippen molar-refractivity contribution in [2.45, 2.75) is 0 Å². The molecule has 0 aliphatic carbocycles. The maximum absolute atomic E-state index is 11.9. The van der Waals surface area contributed by atoms with Crippen LogP contribution in [0.3, 0.4) is 0 Å². The number of carboxylic acid groups (broad SMARTS) is 1. The molecule has 2 aromatic carbocycles. The van der Waals surface area contributed by atoms with Gasteiger partial charge in [0.2, 0.25) is 0 Å². The highest BCUT2D eigenvalue weighted by Crippen LogP contribution is 2.25. The molecule has 2 aromatic rings. The fraction of sp³-hybridized carbons (Fsp3) is 0. The van der Waals surface area contributed by atoms with E-state index in [1.165, 1.54) is 24.3 Å². The predicted molar refractivity (Wildman–Crippen MR) is 75.3 cm³/mol. The molecule has 0 aliphatic rings. The molecule has 0 unspecified atom stereocenters. The van der Waals surface area contributed by atoms with E-state index < -0.39 is 11.9 Å². The molecular weight excluding hydrogens is 276 g/mol. The Morgan fingerprint density at radius 3 is 2.19 bits per heavy atom. The number of rotatable bonds is 3. The molecule has 0 amide bonds. The molecule has 0 saturated heterocycles. The van der Waals surface area contributed by atoms with E-state index in [1.54, 1.807) is 0 Å². The van der Waals surface area contributed by atoms with Crippen LogP contribution in [-0.4, -0.2) is 22.2 Å². The van der Waals surface area contributed by atoms with Crippen LogP contribution in [0.4, 0.5) is 11.4 Å². The van der Waals surface area contributed by atoms with Crippen LogP contribution in [0.15, 0.2) is 36.4 Å². The van der Waals surface area contributed by atoms with E-state index in [0.29, 0.717) is 0 Å². The van der Waals surface area contributed by atoms with Crippen molar-refractivity contribution >= 4 is 23.3 Å². The molecule has 2 rings (SSSR count). The third-order valence-electron chi connectivity index (χ3n) is 2.73. The number of carbonyl (C=O) groups excluding carboxylic acids is 1. The number of ether oxygens (including phenoxy) is 1. The van der Waals surface area contributed by atoms with Gasteiger partial charge in [0.1, 0.15) is 5.75 Å². The summed E-state index contributed by atoms with van der Waals surface area (Å²) in [5.41, 5.74) is 11.3. The van der Waals surface area contributed by atoms with Gasteiger partial charge in [-0.2, -0.15) is 0 Å². The summed E-state index contributed by atoms with van der Waals surface area (Å²) in [6.07, 6.45) is 0. The van der Waals surface area contributed by atoms with Crippen LogP contribution in [0, 0.1) is 0 Å². The monoisotopic (exact) mass is 288 g/mol. The Morgan fingerprint density at radius 2 is 1.57 bits per heavy atom. The van der Waals surface area contributed by atoms with Crippen molar-refractivity contribution in [3.8, 4) is 11.5 Å². The van der Waals surface area contributed by atoms with Crippen molar-refractivity contribution in [2.75, 3.05) is 11.5 Å². The van der Waals surface area contributed by atoms with E-state index in [4.69, 9.17) is 21.3 Å². The number of carbonyl (C=O) groups is 2. The van der Waals surface area contributed by atoms with Crippen molar-refractivity contribution in [3.63, 3.8) is 0 Å². The Morgan fingerprint density at radius 1 is 0.952 bits per heavy atom. The fourth-order valence-electron chi connectivity index (χ4n) is 1.59. The molecule has 7 heteroatoms. The third kappa shape index (κ3) is 3.03. The van der Waals surface area contributed by atoms with Crippen LogP contribution in [-0.2, 0) is 0 Å². The number of esters is 1. The van der Waals surface area contributed by atoms with Gasteiger partial charge in [-0.3, -0.25) is 0 Å². The molecule has 21 heavy (non-hydrogen) atoms. The van der Waals surface area contributed by atoms with Crippen LogP contribution in [0.5, 0.6) is 11.5 Å². The number of phenols is 1. The molecule has 108 valence electrons. The second-order valence-corrected chi connectivity index (χ2v) is 4.22. The van der Waals surface area contributed by atoms with Gasteiger partial charge in [-0.05, 0) is 36.4 Å². The number of aromatic hydroxyl groups is 1. The van der Waals surface area contributed by atoms with Gasteiger partial charge >= 0.3 is 11.9 Å². The number of aromatic carboxylic acids is 1. The summed E-state index contributed by atoms with van der Waals surface area (Å²) in [5, 5.41) is 18.3. The molecule has 0 aromatic heterocycles. The Labute approximate surface area is 119 Å². The van der Waals surface area contributed by atoms with Crippen LogP contribution < -0.4 is 16.2 Å². The van der Waals surface area contributed by atoms with Gasteiger partial charge in [0.05, 0.1) is 22.5 Å². The number of hydrogen-bond donors (Lipinski definition) is 4. The number of benzene rings is 2. The Kier molecular flexibility index (Phi) is 3.66. The summed E-state index contributed by atoms with van der Waals surface area (Å²) in [4.78, 5) is 22.8. The van der Waals surface area contributed by atoms with E-state index >= 15 is 0 Å². The first-order valence-electron chi connectivity index (χ1n) is 5.82. The molecule has 0 radical (unpaired) electrons. The molecule has 0 aliphatic heterocycles. The van der Waals surface area contributed by atoms with Crippen molar-refractivity contribution in [2.24, 2.45) is 0 Å². The molecule has 7 nitrogen and oxygen atoms in total. The molecular formula is C14H12N2O5. The first-order chi connectivity index (χ1) is 9.88. The van der Waals surface area contributed by atoms with Gasteiger partial charge in [-0.25, -0.2) is 9.59 Å². The van der Waals surface area contributed by atoms with Crippen LogP contribution in [0.2, 0.25) is 0 Å². The van der Waals surface area contributed by atoms with Crippen LogP contribution in [0.25, 0.3) is 0 Å². The van der Waals surface area contributed by atoms with E-state index in [1.807, 2.05) is 0 Å². The molecule has 0 spiro atoms. The first kappa shape index (κ1) is 14.2. The van der Waals surface area contributed by atoms with E-state index in [-0.39, 0.29) is 34.0 Å². The SMILES string of the molecule is Nc1ccc(C(=O)Oc2cc(C(=O)O)ccc2N)cc1O. The fourth-order valence-corrected chi connectivity index (χ4v) is 1.59. The second-order valence-electron chi connectivity index (χ2n) is 4.22. The van der Waals surface area contributed by atoms with Crippen molar-refractivity contribution in [1.82, 2.24) is 0 Å². The highest BCUT2D eigenvalue weighted by atomic mass is 16.5. The zero-order valence-corrected chi connectivity index (χ0v) is 10.7. The minimum absolute atomic E-state index is 0.0572. The van der Waals surface area contributed by atoms with Crippen molar-refractivity contribution in [1.29, 1.82) is 0 Å². The molecule has 0 atom stereocenters. The van der Waals surface area contributed by atoms with Gasteiger partial charge in [-0.1, -0.05) is 0 Å². The van der Waals surface area contributed by atoms with Gasteiger partial charge in [0.15, 0.2) is 5.75 Å². The van der Waals surface area contributed by atoms with E-state index in [0.717, 1.165) is 12.1 Å². The number of hydrogen-bond acceptors (Lipinski definition) is 6. The molecule has 0 bridgehead atoms. The summed E-state index contributed by atoms with van der Waals surface area (Å²) >= 11 is 0. The highest BCUT2D eigenvalue weighted by Gasteiger charge is 2.14. The van der Waals surface area contributed by atoms with Crippen molar-refractivity contribution in [3.05, 3.63) is 47.5 Å². The lowest BCUT2D eigenvalue weighted by Gasteiger charge is -2.08. The topological polar surface area (TPSA) is 136 Å². The zero-order chi connectivity index (χ0) is 15.6. The lowest BCUT2D eigenvalue weighted by molar-refractivity contribution is 0.0688. The Bertz CT molecular complexity index is 727. The smallest absolute Gasteiger partial charge is 0.343 e. The highest BCUT2D eigenvalue weighted by molar-refractivity contribution is 5.94. The summed E-state index contributed by atoms with van der Waals surface area (Å²) < 4.78 is 5.04. The maximum Gasteiger partial charge on any atom is 0.343 e. The Hall–Kier alpha value is -3.22. The average Bonchev–Trinajstić information content (AvgIpc) is 2.43. The lowest BCUT2D eigenvalue weighted by atomic mass is 10.2. The average molecular weight is 288 g/mol. The Balaban J connectivity index is 2.28. The first-order valence-corrected chi connectivity index (χ1v) is 5.82. The zero-order valence-electron chi connectivity index (χ0n) is 10.7. The van der Waals surface area contributed by atoms with Gasteiger partial charge in [-0.15, -0.1) is 0 Å². The summed E-state index contributed by atoms with van der Waals surface area (Å²) in [6, 6.07) is 7.63. The minimum Gasteiger partial charge on any atom is -0.506 e. The van der Waals surface area contributed by atoms with Crippen LogP contribution >= 0.6 is 0 Å². The summed E-state index contributed by atoms with van der Waals surface area (Å²) in [6.45, 7) is 0. The molecule has 0 saturated carbocycles. The standard InChI is InChI=1S/C14H12N2O5/c15-9-3-2-8(5-11(9)17)14(20)21-12-6-7(13(18)19)1-4-10(12)16/h1-6,17H,15-16H2,(H,18,19). The lowest BCUT2D eigenvalue weighted by Crippen LogP contribution is -2.10. The minimum atomic E-state index is -1.17. The number of nitrogen functional groups attached to an aromatic ring is 2. The van der Waals surface area contributed by atoms with Gasteiger partial charge in [0, 0.05) is 0 Å². The molecule has 6 N–H and O–H groups in total. The summed E-state index contributed by atoms with van der Waals surface area (Å²) in [5.74, 6) is -2.29. The van der Waals surface area contributed by atoms with Crippen molar-refractivity contribution < 1.29 is 24.5 Å². The number of carboxylic acids is 1. The predicted octanol–water partition coefficient (Wildman–Crippen LogP) is 1.47. The number of phenolic OH excluding ortho intramolecular Hbond substituents is 1. The third-order valence-corrected chi connectivity index (χ3v) is 2.73. The number of nitrogens with two attached hydrogens (primary N) is 2. The second kappa shape index (κ2) is 5.41. The van der Waals surface area contributed by atoms with Crippen LogP contribution in [0.1, 0.15) is 20.7 Å². The maximum atomic E-state index is 11.9. The number of anilines is 2. The van der Waals surface area contributed by atoms with Gasteiger partial charge < -0.3 is 26.4 Å². The quantitative estimate of drug-likeness (QED) is 0.290. The molecule has 0 fully saturated rings.